The molecule has 0 heterocycles. The van der Waals surface area contributed by atoms with Gasteiger partial charge in [-0.3, -0.25) is 4.79 Å². The summed E-state index contributed by atoms with van der Waals surface area (Å²) in [7, 11) is 3.25. The van der Waals surface area contributed by atoms with Crippen LogP contribution in [0.1, 0.15) is 31.7 Å². The Morgan fingerprint density at radius 1 is 1.30 bits per heavy atom. The number of methoxy groups -OCH3 is 2. The van der Waals surface area contributed by atoms with Crippen LogP contribution < -0.4 is 20.5 Å². The van der Waals surface area contributed by atoms with E-state index in [0.29, 0.717) is 24.0 Å². The minimum Gasteiger partial charge on any atom is -0.493 e. The minimum absolute atomic E-state index is 0.0691. The number of carbonyl (C=O) groups excluding carboxylic acids is 1. The zero-order valence-electron chi connectivity index (χ0n) is 14.3. The largest absolute Gasteiger partial charge is 0.493 e. The zero-order chi connectivity index (χ0) is 16.8. The Bertz CT molecular complexity index is 533. The summed E-state index contributed by atoms with van der Waals surface area (Å²) in [4.78, 5) is 12.4. The Labute approximate surface area is 138 Å². The van der Waals surface area contributed by atoms with Crippen molar-refractivity contribution in [2.24, 2.45) is 17.6 Å². The molecular weight excluding hydrogens is 292 g/mol. The number of carbonyl (C=O) groups is 1. The van der Waals surface area contributed by atoms with E-state index in [0.717, 1.165) is 31.2 Å². The molecule has 1 aliphatic carbocycles. The molecule has 0 saturated heterocycles. The fourth-order valence-electron chi connectivity index (χ4n) is 3.43. The standard InChI is InChI=1S/C18H28N2O3/c1-12(20-18(21)15-6-4-5-14(15)11-19)9-13-7-8-16(22-2)17(10-13)23-3/h7-8,10,12,14-15H,4-6,9,11,19H2,1-3H3,(H,20,21)/t12?,14-,15-/m1/s1. The van der Waals surface area contributed by atoms with Crippen molar-refractivity contribution in [2.45, 2.75) is 38.6 Å². The highest BCUT2D eigenvalue weighted by atomic mass is 16.5. The van der Waals surface area contributed by atoms with Crippen LogP contribution in [0, 0.1) is 11.8 Å². The second-order valence-corrected chi connectivity index (χ2v) is 6.34. The average Bonchev–Trinajstić information content (AvgIpc) is 3.03. The Morgan fingerprint density at radius 2 is 2.04 bits per heavy atom. The second kappa shape index (κ2) is 8.20. The number of benzene rings is 1. The predicted molar refractivity (Wildman–Crippen MR) is 90.7 cm³/mol. The van der Waals surface area contributed by atoms with Gasteiger partial charge in [0.25, 0.3) is 0 Å². The van der Waals surface area contributed by atoms with Crippen molar-refractivity contribution in [3.63, 3.8) is 0 Å². The Hall–Kier alpha value is -1.75. The number of nitrogens with two attached hydrogens (primary N) is 1. The maximum atomic E-state index is 12.4. The van der Waals surface area contributed by atoms with Gasteiger partial charge in [0.05, 0.1) is 14.2 Å². The van der Waals surface area contributed by atoms with Gasteiger partial charge in [-0.1, -0.05) is 12.5 Å². The third-order valence-electron chi connectivity index (χ3n) is 4.68. The number of rotatable bonds is 7. The van der Waals surface area contributed by atoms with Gasteiger partial charge < -0.3 is 20.5 Å². The zero-order valence-corrected chi connectivity index (χ0v) is 14.3. The lowest BCUT2D eigenvalue weighted by atomic mass is 9.95. The topological polar surface area (TPSA) is 73.6 Å². The molecule has 0 bridgehead atoms. The Kier molecular flexibility index (Phi) is 6.28. The van der Waals surface area contributed by atoms with Crippen molar-refractivity contribution in [3.05, 3.63) is 23.8 Å². The Morgan fingerprint density at radius 3 is 2.70 bits per heavy atom. The van der Waals surface area contributed by atoms with E-state index >= 15 is 0 Å². The lowest BCUT2D eigenvalue weighted by Gasteiger charge is -2.21. The fraction of sp³-hybridized carbons (Fsp3) is 0.611. The van der Waals surface area contributed by atoms with E-state index in [1.165, 1.54) is 0 Å². The molecule has 0 aliphatic heterocycles. The van der Waals surface area contributed by atoms with E-state index in [2.05, 4.69) is 5.32 Å². The van der Waals surface area contributed by atoms with Crippen molar-refractivity contribution in [2.75, 3.05) is 20.8 Å². The fourth-order valence-corrected chi connectivity index (χ4v) is 3.43. The smallest absolute Gasteiger partial charge is 0.223 e. The Balaban J connectivity index is 1.94. The molecule has 0 radical (unpaired) electrons. The number of hydrogen-bond donors (Lipinski definition) is 2. The molecule has 3 N–H and O–H groups in total. The van der Waals surface area contributed by atoms with Crippen LogP contribution in [-0.2, 0) is 11.2 Å². The molecule has 3 atom stereocenters. The van der Waals surface area contributed by atoms with Gasteiger partial charge in [0.1, 0.15) is 0 Å². The molecule has 23 heavy (non-hydrogen) atoms. The third-order valence-corrected chi connectivity index (χ3v) is 4.68. The second-order valence-electron chi connectivity index (χ2n) is 6.34. The molecule has 1 amide bonds. The highest BCUT2D eigenvalue weighted by Crippen LogP contribution is 2.31. The van der Waals surface area contributed by atoms with Gasteiger partial charge in [-0.25, -0.2) is 0 Å². The normalized spacial score (nSPS) is 21.7. The van der Waals surface area contributed by atoms with Crippen LogP contribution in [0.5, 0.6) is 11.5 Å². The van der Waals surface area contributed by atoms with Crippen LogP contribution in [0.3, 0.4) is 0 Å². The van der Waals surface area contributed by atoms with Crippen LogP contribution >= 0.6 is 0 Å². The summed E-state index contributed by atoms with van der Waals surface area (Å²) in [6, 6.07) is 5.92. The van der Waals surface area contributed by atoms with Crippen molar-refractivity contribution in [3.8, 4) is 11.5 Å². The predicted octanol–water partition coefficient (Wildman–Crippen LogP) is 2.13. The number of amides is 1. The van der Waals surface area contributed by atoms with Crippen LogP contribution in [-0.4, -0.2) is 32.7 Å². The molecule has 1 unspecified atom stereocenters. The first-order valence-corrected chi connectivity index (χ1v) is 8.30. The molecule has 0 aromatic heterocycles. The molecule has 0 spiro atoms. The summed E-state index contributed by atoms with van der Waals surface area (Å²) in [6.45, 7) is 2.63. The minimum atomic E-state index is 0.0691. The van der Waals surface area contributed by atoms with Gasteiger partial charge in [0.2, 0.25) is 5.91 Å². The molecule has 1 aliphatic rings. The van der Waals surface area contributed by atoms with Gasteiger partial charge in [0, 0.05) is 12.0 Å². The van der Waals surface area contributed by atoms with Gasteiger partial charge in [-0.15, -0.1) is 0 Å². The first kappa shape index (κ1) is 17.6. The van der Waals surface area contributed by atoms with E-state index in [4.69, 9.17) is 15.2 Å². The maximum Gasteiger partial charge on any atom is 0.223 e. The van der Waals surface area contributed by atoms with E-state index in [-0.39, 0.29) is 17.9 Å². The highest BCUT2D eigenvalue weighted by Gasteiger charge is 2.32. The molecule has 5 nitrogen and oxygen atoms in total. The summed E-state index contributed by atoms with van der Waals surface area (Å²) >= 11 is 0. The summed E-state index contributed by atoms with van der Waals surface area (Å²) in [5, 5.41) is 3.13. The van der Waals surface area contributed by atoms with Crippen LogP contribution in [0.15, 0.2) is 18.2 Å². The molecule has 1 aromatic carbocycles. The van der Waals surface area contributed by atoms with Crippen molar-refractivity contribution < 1.29 is 14.3 Å². The van der Waals surface area contributed by atoms with Crippen molar-refractivity contribution in [1.29, 1.82) is 0 Å². The first-order chi connectivity index (χ1) is 11.1. The van der Waals surface area contributed by atoms with E-state index in [1.807, 2.05) is 25.1 Å². The van der Waals surface area contributed by atoms with E-state index < -0.39 is 0 Å². The first-order valence-electron chi connectivity index (χ1n) is 8.30. The summed E-state index contributed by atoms with van der Waals surface area (Å²) in [5.41, 5.74) is 6.88. The number of hydrogen-bond acceptors (Lipinski definition) is 4. The quantitative estimate of drug-likeness (QED) is 0.807. The summed E-state index contributed by atoms with van der Waals surface area (Å²) < 4.78 is 10.6. The SMILES string of the molecule is COc1ccc(CC(C)NC(=O)[C@@H]2CCC[C@@H]2CN)cc1OC. The number of nitrogens with one attached hydrogen (secondary N) is 1. The van der Waals surface area contributed by atoms with Crippen LogP contribution in [0.4, 0.5) is 0 Å². The van der Waals surface area contributed by atoms with Crippen LogP contribution in [0.25, 0.3) is 0 Å². The summed E-state index contributed by atoms with van der Waals surface area (Å²) in [5.74, 6) is 1.98. The van der Waals surface area contributed by atoms with Crippen LogP contribution in [0.2, 0.25) is 0 Å². The molecule has 2 rings (SSSR count). The maximum absolute atomic E-state index is 12.4. The summed E-state index contributed by atoms with van der Waals surface area (Å²) in [6.07, 6.45) is 3.88. The third kappa shape index (κ3) is 4.38. The number of ether oxygens (including phenoxy) is 2. The molecule has 5 heteroatoms. The molecular formula is C18H28N2O3. The van der Waals surface area contributed by atoms with Crippen molar-refractivity contribution in [1.82, 2.24) is 5.32 Å². The molecule has 1 saturated carbocycles. The lowest BCUT2D eigenvalue weighted by molar-refractivity contribution is -0.126. The average molecular weight is 320 g/mol. The monoisotopic (exact) mass is 320 g/mol. The molecule has 1 fully saturated rings. The highest BCUT2D eigenvalue weighted by molar-refractivity contribution is 5.79. The van der Waals surface area contributed by atoms with E-state index in [1.54, 1.807) is 14.2 Å². The van der Waals surface area contributed by atoms with Crippen molar-refractivity contribution >= 4 is 5.91 Å². The van der Waals surface area contributed by atoms with Gasteiger partial charge >= 0.3 is 0 Å². The van der Waals surface area contributed by atoms with Gasteiger partial charge in [-0.05, 0) is 56.3 Å². The molecule has 128 valence electrons. The van der Waals surface area contributed by atoms with Gasteiger partial charge in [-0.2, -0.15) is 0 Å². The van der Waals surface area contributed by atoms with E-state index in [9.17, 15) is 4.79 Å². The molecule has 1 aromatic rings. The lowest BCUT2D eigenvalue weighted by Crippen LogP contribution is -2.40. The van der Waals surface area contributed by atoms with Gasteiger partial charge in [0.15, 0.2) is 11.5 Å².